The second-order valence-electron chi connectivity index (χ2n) is 4.78. The van der Waals surface area contributed by atoms with Gasteiger partial charge in [-0.3, -0.25) is 4.90 Å². The van der Waals surface area contributed by atoms with E-state index in [1.165, 1.54) is 6.07 Å². The van der Waals surface area contributed by atoms with Crippen LogP contribution in [0.4, 0.5) is 4.39 Å². The van der Waals surface area contributed by atoms with Crippen molar-refractivity contribution in [1.29, 1.82) is 0 Å². The molecule has 0 radical (unpaired) electrons. The van der Waals surface area contributed by atoms with Gasteiger partial charge in [0.05, 0.1) is 4.47 Å². The fourth-order valence-corrected chi connectivity index (χ4v) is 2.76. The zero-order valence-corrected chi connectivity index (χ0v) is 11.8. The molecule has 0 saturated carbocycles. The van der Waals surface area contributed by atoms with E-state index in [1.54, 1.807) is 0 Å². The highest BCUT2D eigenvalue weighted by Gasteiger charge is 2.24. The van der Waals surface area contributed by atoms with E-state index in [1.807, 2.05) is 12.1 Å². The van der Waals surface area contributed by atoms with Crippen molar-refractivity contribution in [2.45, 2.75) is 32.5 Å². The lowest BCUT2D eigenvalue weighted by Gasteiger charge is -2.39. The largest absolute Gasteiger partial charge is 0.314 e. The highest BCUT2D eigenvalue weighted by Crippen LogP contribution is 2.20. The first-order valence-electron chi connectivity index (χ1n) is 5.98. The third-order valence-corrected chi connectivity index (χ3v) is 3.97. The van der Waals surface area contributed by atoms with Crippen molar-refractivity contribution in [2.24, 2.45) is 0 Å². The SMILES string of the molecule is CC1CNCC(C)N1Cc1ccc(F)c(Br)c1. The molecule has 1 aromatic carbocycles. The molecule has 1 N–H and O–H groups in total. The van der Waals surface area contributed by atoms with E-state index in [9.17, 15) is 4.39 Å². The van der Waals surface area contributed by atoms with Crippen LogP contribution in [0.1, 0.15) is 19.4 Å². The van der Waals surface area contributed by atoms with Crippen LogP contribution in [0.15, 0.2) is 22.7 Å². The van der Waals surface area contributed by atoms with Crippen LogP contribution in [0, 0.1) is 5.82 Å². The van der Waals surface area contributed by atoms with Gasteiger partial charge >= 0.3 is 0 Å². The lowest BCUT2D eigenvalue weighted by atomic mass is 10.1. The highest BCUT2D eigenvalue weighted by atomic mass is 79.9. The van der Waals surface area contributed by atoms with Gasteiger partial charge in [0.15, 0.2) is 0 Å². The Bertz CT molecular complexity index is 387. The van der Waals surface area contributed by atoms with Crippen LogP contribution in [0.5, 0.6) is 0 Å². The molecule has 0 bridgehead atoms. The molecule has 4 heteroatoms. The van der Waals surface area contributed by atoms with Gasteiger partial charge in [-0.25, -0.2) is 4.39 Å². The Labute approximate surface area is 110 Å². The van der Waals surface area contributed by atoms with E-state index in [0.29, 0.717) is 16.6 Å². The van der Waals surface area contributed by atoms with Crippen LogP contribution in [0.25, 0.3) is 0 Å². The molecular formula is C13H18BrFN2. The van der Waals surface area contributed by atoms with Crippen molar-refractivity contribution in [1.82, 2.24) is 10.2 Å². The smallest absolute Gasteiger partial charge is 0.137 e. The molecule has 0 aliphatic carbocycles. The van der Waals surface area contributed by atoms with E-state index in [2.05, 4.69) is 40.0 Å². The second-order valence-corrected chi connectivity index (χ2v) is 5.63. The number of piperazine rings is 1. The topological polar surface area (TPSA) is 15.3 Å². The molecule has 1 aromatic rings. The first kappa shape index (κ1) is 13.0. The summed E-state index contributed by atoms with van der Waals surface area (Å²) in [6, 6.07) is 6.29. The van der Waals surface area contributed by atoms with Gasteiger partial charge in [0.1, 0.15) is 5.82 Å². The second kappa shape index (κ2) is 5.46. The van der Waals surface area contributed by atoms with Gasteiger partial charge in [-0.15, -0.1) is 0 Å². The van der Waals surface area contributed by atoms with Crippen molar-refractivity contribution in [2.75, 3.05) is 13.1 Å². The Morgan fingerprint density at radius 3 is 2.59 bits per heavy atom. The molecular weight excluding hydrogens is 283 g/mol. The number of hydrogen-bond acceptors (Lipinski definition) is 2. The molecule has 94 valence electrons. The molecule has 1 aliphatic heterocycles. The fourth-order valence-electron chi connectivity index (χ4n) is 2.33. The molecule has 2 unspecified atom stereocenters. The Balaban J connectivity index is 2.10. The molecule has 1 aliphatic rings. The summed E-state index contributed by atoms with van der Waals surface area (Å²) >= 11 is 3.24. The molecule has 0 aromatic heterocycles. The monoisotopic (exact) mass is 300 g/mol. The van der Waals surface area contributed by atoms with E-state index < -0.39 is 0 Å². The maximum Gasteiger partial charge on any atom is 0.137 e. The summed E-state index contributed by atoms with van der Waals surface area (Å²) in [5.41, 5.74) is 1.15. The van der Waals surface area contributed by atoms with Crippen LogP contribution >= 0.6 is 15.9 Å². The molecule has 17 heavy (non-hydrogen) atoms. The lowest BCUT2D eigenvalue weighted by Crippen LogP contribution is -2.54. The average Bonchev–Trinajstić information content (AvgIpc) is 2.28. The molecule has 2 nitrogen and oxygen atoms in total. The molecule has 1 fully saturated rings. The Morgan fingerprint density at radius 2 is 2.00 bits per heavy atom. The quantitative estimate of drug-likeness (QED) is 0.903. The number of benzene rings is 1. The fraction of sp³-hybridized carbons (Fsp3) is 0.538. The molecule has 0 spiro atoms. The molecule has 2 rings (SSSR count). The minimum atomic E-state index is -0.199. The highest BCUT2D eigenvalue weighted by molar-refractivity contribution is 9.10. The van der Waals surface area contributed by atoms with Crippen molar-refractivity contribution in [3.63, 3.8) is 0 Å². The van der Waals surface area contributed by atoms with Crippen molar-refractivity contribution in [3.8, 4) is 0 Å². The number of halogens is 2. The number of rotatable bonds is 2. The Kier molecular flexibility index (Phi) is 4.17. The van der Waals surface area contributed by atoms with Crippen LogP contribution in [0.3, 0.4) is 0 Å². The van der Waals surface area contributed by atoms with Crippen LogP contribution < -0.4 is 5.32 Å². The Hall–Kier alpha value is -0.450. The summed E-state index contributed by atoms with van der Waals surface area (Å²) in [6.07, 6.45) is 0. The minimum Gasteiger partial charge on any atom is -0.314 e. The molecule has 1 saturated heterocycles. The van der Waals surface area contributed by atoms with Crippen molar-refractivity contribution < 1.29 is 4.39 Å². The van der Waals surface area contributed by atoms with Gasteiger partial charge in [-0.1, -0.05) is 6.07 Å². The summed E-state index contributed by atoms with van der Waals surface area (Å²) in [5, 5.41) is 3.41. The van der Waals surface area contributed by atoms with Gasteiger partial charge in [0, 0.05) is 31.7 Å². The van der Waals surface area contributed by atoms with Gasteiger partial charge in [0.2, 0.25) is 0 Å². The standard InChI is InChI=1S/C13H18BrFN2/c1-9-6-16-7-10(2)17(9)8-11-3-4-13(15)12(14)5-11/h3-5,9-10,16H,6-8H2,1-2H3. The van der Waals surface area contributed by atoms with E-state index in [-0.39, 0.29) is 5.82 Å². The average molecular weight is 301 g/mol. The van der Waals surface area contributed by atoms with Gasteiger partial charge in [0.25, 0.3) is 0 Å². The van der Waals surface area contributed by atoms with E-state index >= 15 is 0 Å². The zero-order valence-electron chi connectivity index (χ0n) is 10.2. The third-order valence-electron chi connectivity index (χ3n) is 3.36. The first-order valence-corrected chi connectivity index (χ1v) is 6.77. The summed E-state index contributed by atoms with van der Waals surface area (Å²) < 4.78 is 13.7. The lowest BCUT2D eigenvalue weighted by molar-refractivity contribution is 0.109. The van der Waals surface area contributed by atoms with E-state index in [4.69, 9.17) is 0 Å². The molecule has 1 heterocycles. The minimum absolute atomic E-state index is 0.199. The van der Waals surface area contributed by atoms with Gasteiger partial charge in [-0.2, -0.15) is 0 Å². The summed E-state index contributed by atoms with van der Waals surface area (Å²) in [4.78, 5) is 2.45. The van der Waals surface area contributed by atoms with Crippen LogP contribution in [-0.4, -0.2) is 30.1 Å². The van der Waals surface area contributed by atoms with Gasteiger partial charge < -0.3 is 5.32 Å². The van der Waals surface area contributed by atoms with Crippen LogP contribution in [-0.2, 0) is 6.54 Å². The molecule has 2 atom stereocenters. The zero-order chi connectivity index (χ0) is 12.4. The Morgan fingerprint density at radius 1 is 1.35 bits per heavy atom. The van der Waals surface area contributed by atoms with Crippen LogP contribution in [0.2, 0.25) is 0 Å². The molecule has 0 amide bonds. The maximum atomic E-state index is 13.2. The van der Waals surface area contributed by atoms with E-state index in [0.717, 1.165) is 25.2 Å². The van der Waals surface area contributed by atoms with Gasteiger partial charge in [-0.05, 0) is 47.5 Å². The predicted octanol–water partition coefficient (Wildman–Crippen LogP) is 2.77. The predicted molar refractivity (Wildman–Crippen MR) is 71.4 cm³/mol. The number of hydrogen-bond donors (Lipinski definition) is 1. The van der Waals surface area contributed by atoms with Crippen molar-refractivity contribution in [3.05, 3.63) is 34.1 Å². The summed E-state index contributed by atoms with van der Waals surface area (Å²) in [6.45, 7) is 7.37. The van der Waals surface area contributed by atoms with Crippen molar-refractivity contribution >= 4 is 15.9 Å². The third kappa shape index (κ3) is 3.06. The summed E-state index contributed by atoms with van der Waals surface area (Å²) in [5.74, 6) is -0.199. The summed E-state index contributed by atoms with van der Waals surface area (Å²) in [7, 11) is 0. The maximum absolute atomic E-state index is 13.2. The number of nitrogens with one attached hydrogen (secondary N) is 1. The number of nitrogens with zero attached hydrogens (tertiary/aromatic N) is 1. The first-order chi connectivity index (χ1) is 8.08. The normalized spacial score (nSPS) is 26.1.